The molecule has 0 atom stereocenters. The van der Waals surface area contributed by atoms with Gasteiger partial charge in [0, 0.05) is 39.0 Å². The van der Waals surface area contributed by atoms with Crippen molar-refractivity contribution >= 4 is 10.0 Å². The number of allylic oxidation sites excluding steroid dienone is 4. The number of nitrogens with one attached hydrogen (secondary N) is 3. The normalized spacial score (nSPS) is 13.6. The zero-order valence-electron chi connectivity index (χ0n) is 11.7. The van der Waals surface area contributed by atoms with E-state index in [-0.39, 0.29) is 4.91 Å². The summed E-state index contributed by atoms with van der Waals surface area (Å²) in [7, 11) is 0.0945. The molecule has 0 spiro atoms. The number of hydrogen-bond donors (Lipinski definition) is 3. The van der Waals surface area contributed by atoms with Gasteiger partial charge in [-0.25, -0.2) is 13.1 Å². The average Bonchev–Trinajstić information content (AvgIpc) is 2.37. The standard InChI is InChI=1S/C13H23N3O2S/c1-5-7-13(8-6-2)19(17,18)16-10-9-12(15-4)11-14-3/h5-8,11,14-16H,1,9-10H2,2-4H3/b8-6-,12-11-,13-7+. The van der Waals surface area contributed by atoms with Crippen molar-refractivity contribution in [2.75, 3.05) is 20.6 Å². The van der Waals surface area contributed by atoms with Crippen LogP contribution in [0, 0.1) is 0 Å². The van der Waals surface area contributed by atoms with Crippen molar-refractivity contribution < 1.29 is 8.42 Å². The molecule has 0 aromatic heterocycles. The summed E-state index contributed by atoms with van der Waals surface area (Å²) in [5.74, 6) is 0. The third kappa shape index (κ3) is 6.83. The zero-order chi connectivity index (χ0) is 14.7. The first kappa shape index (κ1) is 17.5. The Labute approximate surface area is 116 Å². The molecule has 0 bridgehead atoms. The Morgan fingerprint density at radius 2 is 2.00 bits per heavy atom. The van der Waals surface area contributed by atoms with Gasteiger partial charge in [0.1, 0.15) is 0 Å². The van der Waals surface area contributed by atoms with Crippen molar-refractivity contribution in [3.8, 4) is 0 Å². The van der Waals surface area contributed by atoms with E-state index in [4.69, 9.17) is 0 Å². The van der Waals surface area contributed by atoms with E-state index in [1.54, 1.807) is 33.3 Å². The quantitative estimate of drug-likeness (QED) is 0.557. The van der Waals surface area contributed by atoms with Gasteiger partial charge in [0.25, 0.3) is 0 Å². The molecule has 6 heteroatoms. The van der Waals surface area contributed by atoms with Crippen molar-refractivity contribution in [2.24, 2.45) is 0 Å². The molecule has 108 valence electrons. The summed E-state index contributed by atoms with van der Waals surface area (Å²) in [4.78, 5) is 0.202. The van der Waals surface area contributed by atoms with Crippen molar-refractivity contribution in [3.05, 3.63) is 47.7 Å². The van der Waals surface area contributed by atoms with Crippen LogP contribution < -0.4 is 15.4 Å². The van der Waals surface area contributed by atoms with Gasteiger partial charge in [-0.2, -0.15) is 0 Å². The van der Waals surface area contributed by atoms with E-state index in [9.17, 15) is 8.42 Å². The summed E-state index contributed by atoms with van der Waals surface area (Å²) in [6.45, 7) is 5.60. The minimum absolute atomic E-state index is 0.202. The second-order valence-corrected chi connectivity index (χ2v) is 5.43. The van der Waals surface area contributed by atoms with Crippen LogP contribution in [0.3, 0.4) is 0 Å². The Morgan fingerprint density at radius 1 is 1.32 bits per heavy atom. The van der Waals surface area contributed by atoms with Gasteiger partial charge in [0.2, 0.25) is 10.0 Å². The van der Waals surface area contributed by atoms with E-state index >= 15 is 0 Å². The molecule has 3 N–H and O–H groups in total. The second kappa shape index (κ2) is 9.41. The van der Waals surface area contributed by atoms with E-state index in [0.717, 1.165) is 5.70 Å². The summed E-state index contributed by atoms with van der Waals surface area (Å²) in [5, 5.41) is 5.88. The highest BCUT2D eigenvalue weighted by atomic mass is 32.2. The molecule has 0 fully saturated rings. The highest BCUT2D eigenvalue weighted by Gasteiger charge is 2.13. The van der Waals surface area contributed by atoms with Gasteiger partial charge in [-0.1, -0.05) is 18.7 Å². The van der Waals surface area contributed by atoms with Gasteiger partial charge < -0.3 is 10.6 Å². The smallest absolute Gasteiger partial charge is 0.240 e. The molecular formula is C13H23N3O2S. The fourth-order valence-corrected chi connectivity index (χ4v) is 2.49. The molecular weight excluding hydrogens is 262 g/mol. The summed E-state index contributed by atoms with van der Waals surface area (Å²) in [5.41, 5.74) is 0.922. The summed E-state index contributed by atoms with van der Waals surface area (Å²) in [6, 6.07) is 0. The van der Waals surface area contributed by atoms with Crippen LogP contribution in [0.15, 0.2) is 47.7 Å². The van der Waals surface area contributed by atoms with Gasteiger partial charge >= 0.3 is 0 Å². The van der Waals surface area contributed by atoms with Crippen LogP contribution in [-0.4, -0.2) is 29.1 Å². The summed E-state index contributed by atoms with van der Waals surface area (Å²) >= 11 is 0. The Hall–Kier alpha value is -1.53. The Bertz CT molecular complexity index is 462. The summed E-state index contributed by atoms with van der Waals surface area (Å²) < 4.78 is 26.6. The minimum Gasteiger partial charge on any atom is -0.393 e. The predicted octanol–water partition coefficient (Wildman–Crippen LogP) is 1.22. The highest BCUT2D eigenvalue weighted by Crippen LogP contribution is 2.07. The third-order valence-electron chi connectivity index (χ3n) is 2.25. The fourth-order valence-electron chi connectivity index (χ4n) is 1.36. The van der Waals surface area contributed by atoms with Crippen molar-refractivity contribution in [3.63, 3.8) is 0 Å². The Kier molecular flexibility index (Phi) is 8.65. The van der Waals surface area contributed by atoms with E-state index in [1.165, 1.54) is 18.2 Å². The van der Waals surface area contributed by atoms with Crippen molar-refractivity contribution in [1.29, 1.82) is 0 Å². The van der Waals surface area contributed by atoms with Gasteiger partial charge in [-0.3, -0.25) is 0 Å². The molecule has 0 radical (unpaired) electrons. The number of rotatable bonds is 9. The molecule has 19 heavy (non-hydrogen) atoms. The topological polar surface area (TPSA) is 70.2 Å². The molecule has 0 heterocycles. The van der Waals surface area contributed by atoms with Crippen LogP contribution in [0.5, 0.6) is 0 Å². The fraction of sp³-hybridized carbons (Fsp3) is 0.385. The minimum atomic E-state index is -3.49. The molecule has 0 saturated heterocycles. The van der Waals surface area contributed by atoms with Gasteiger partial charge in [-0.15, -0.1) is 0 Å². The maximum atomic E-state index is 12.0. The molecule has 0 aromatic rings. The predicted molar refractivity (Wildman–Crippen MR) is 80.8 cm³/mol. The van der Waals surface area contributed by atoms with E-state index in [1.807, 2.05) is 0 Å². The van der Waals surface area contributed by atoms with Crippen LogP contribution in [-0.2, 0) is 10.0 Å². The monoisotopic (exact) mass is 285 g/mol. The van der Waals surface area contributed by atoms with E-state index in [2.05, 4.69) is 21.9 Å². The van der Waals surface area contributed by atoms with Crippen molar-refractivity contribution in [2.45, 2.75) is 13.3 Å². The Balaban J connectivity index is 4.66. The molecule has 0 aliphatic rings. The first-order chi connectivity index (χ1) is 9.01. The molecule has 0 unspecified atom stereocenters. The van der Waals surface area contributed by atoms with Gasteiger partial charge in [-0.05, 0) is 19.1 Å². The molecule has 0 saturated carbocycles. The lowest BCUT2D eigenvalue weighted by molar-refractivity contribution is 0.588. The maximum Gasteiger partial charge on any atom is 0.240 e. The molecule has 5 nitrogen and oxygen atoms in total. The molecule has 0 rings (SSSR count). The van der Waals surface area contributed by atoms with Gasteiger partial charge in [0.15, 0.2) is 0 Å². The van der Waals surface area contributed by atoms with Crippen LogP contribution in [0.4, 0.5) is 0 Å². The number of hydrogen-bond acceptors (Lipinski definition) is 4. The van der Waals surface area contributed by atoms with Crippen LogP contribution in [0.25, 0.3) is 0 Å². The first-order valence-corrected chi connectivity index (χ1v) is 7.49. The highest BCUT2D eigenvalue weighted by molar-refractivity contribution is 7.93. The third-order valence-corrected chi connectivity index (χ3v) is 3.73. The molecule has 0 aromatic carbocycles. The second-order valence-electron chi connectivity index (χ2n) is 3.66. The number of sulfonamides is 1. The Morgan fingerprint density at radius 3 is 2.47 bits per heavy atom. The van der Waals surface area contributed by atoms with Gasteiger partial charge in [0.05, 0.1) is 4.91 Å². The maximum absolute atomic E-state index is 12.0. The average molecular weight is 285 g/mol. The SMILES string of the molecule is C=C/C=C(\C=C/C)S(=O)(=O)NCC/C(=C/NC)NC. The molecule has 0 aliphatic heterocycles. The summed E-state index contributed by atoms with van der Waals surface area (Å²) in [6.07, 6.45) is 8.49. The largest absolute Gasteiger partial charge is 0.393 e. The lowest BCUT2D eigenvalue weighted by atomic mass is 10.3. The lowest BCUT2D eigenvalue weighted by Gasteiger charge is -2.09. The molecule has 0 amide bonds. The van der Waals surface area contributed by atoms with E-state index in [0.29, 0.717) is 13.0 Å². The van der Waals surface area contributed by atoms with Crippen LogP contribution in [0.1, 0.15) is 13.3 Å². The van der Waals surface area contributed by atoms with Crippen molar-refractivity contribution in [1.82, 2.24) is 15.4 Å². The van der Waals surface area contributed by atoms with Crippen LogP contribution >= 0.6 is 0 Å². The molecule has 0 aliphatic carbocycles. The van der Waals surface area contributed by atoms with Crippen LogP contribution in [0.2, 0.25) is 0 Å². The first-order valence-electron chi connectivity index (χ1n) is 6.01. The zero-order valence-corrected chi connectivity index (χ0v) is 12.5. The lowest BCUT2D eigenvalue weighted by Crippen LogP contribution is -2.27. The van der Waals surface area contributed by atoms with E-state index < -0.39 is 10.0 Å².